The summed E-state index contributed by atoms with van der Waals surface area (Å²) in [6.45, 7) is 1.93. The van der Waals surface area contributed by atoms with E-state index in [1.54, 1.807) is 30.5 Å². The number of hydrogen-bond acceptors (Lipinski definition) is 5. The lowest BCUT2D eigenvalue weighted by molar-refractivity contribution is 0.555. The van der Waals surface area contributed by atoms with E-state index in [4.69, 9.17) is 4.42 Å². The molecular weight excluding hydrogens is 427 g/mol. The number of fused-ring (bicyclic) bond motifs is 1. The van der Waals surface area contributed by atoms with Crippen LogP contribution in [0.15, 0.2) is 56.3 Å². The van der Waals surface area contributed by atoms with Gasteiger partial charge in [-0.1, -0.05) is 22.0 Å². The van der Waals surface area contributed by atoms with Crippen LogP contribution in [0.2, 0.25) is 0 Å². The first-order valence-corrected chi connectivity index (χ1v) is 9.43. The molecule has 0 saturated carbocycles. The molecular formula is C20H16BrFN4O2. The quantitative estimate of drug-likeness (QED) is 0.469. The van der Waals surface area contributed by atoms with Crippen LogP contribution in [0.1, 0.15) is 16.8 Å². The molecule has 2 heterocycles. The van der Waals surface area contributed by atoms with Crippen LogP contribution in [-0.4, -0.2) is 15.0 Å². The molecule has 4 rings (SSSR count). The molecule has 0 saturated heterocycles. The molecule has 0 aliphatic carbocycles. The Bertz CT molecular complexity index is 1220. The largest absolute Gasteiger partial charge is 0.417 e. The normalized spacial score (nSPS) is 11.1. The number of benzene rings is 2. The van der Waals surface area contributed by atoms with Gasteiger partial charge in [-0.3, -0.25) is 4.98 Å². The summed E-state index contributed by atoms with van der Waals surface area (Å²) in [5, 5.41) is 3.11. The number of nitrogens with one attached hydrogen (secondary N) is 2. The highest BCUT2D eigenvalue weighted by Crippen LogP contribution is 2.21. The molecule has 0 fully saturated rings. The Kier molecular flexibility index (Phi) is 4.95. The van der Waals surface area contributed by atoms with E-state index in [1.165, 1.54) is 6.07 Å². The zero-order valence-corrected chi connectivity index (χ0v) is 16.5. The summed E-state index contributed by atoms with van der Waals surface area (Å²) in [7, 11) is 0. The van der Waals surface area contributed by atoms with Crippen LogP contribution < -0.4 is 11.1 Å². The molecule has 142 valence electrons. The minimum atomic E-state index is -0.499. The number of aromatic amines is 1. The average Bonchev–Trinajstić information content (AvgIpc) is 3.02. The van der Waals surface area contributed by atoms with Gasteiger partial charge in [0, 0.05) is 28.1 Å². The fourth-order valence-corrected chi connectivity index (χ4v) is 3.25. The first-order valence-electron chi connectivity index (χ1n) is 8.64. The molecule has 0 spiro atoms. The minimum absolute atomic E-state index is 0.235. The Hall–Kier alpha value is -3.00. The molecule has 0 aliphatic heterocycles. The fourth-order valence-electron chi connectivity index (χ4n) is 2.92. The van der Waals surface area contributed by atoms with Crippen molar-refractivity contribution in [1.29, 1.82) is 0 Å². The molecule has 0 unspecified atom stereocenters. The molecule has 0 radical (unpaired) electrons. The molecule has 8 heteroatoms. The summed E-state index contributed by atoms with van der Waals surface area (Å²) < 4.78 is 19.8. The number of aromatic nitrogens is 3. The van der Waals surface area contributed by atoms with Gasteiger partial charge in [0.2, 0.25) is 5.95 Å². The second kappa shape index (κ2) is 7.55. The van der Waals surface area contributed by atoms with Gasteiger partial charge in [-0.2, -0.15) is 0 Å². The van der Waals surface area contributed by atoms with Gasteiger partial charge in [-0.15, -0.1) is 0 Å². The predicted octanol–water partition coefficient (Wildman–Crippen LogP) is 4.65. The lowest BCUT2D eigenvalue weighted by Crippen LogP contribution is -2.04. The summed E-state index contributed by atoms with van der Waals surface area (Å²) in [4.78, 5) is 22.7. The highest BCUT2D eigenvalue weighted by Gasteiger charge is 2.09. The smallest absolute Gasteiger partial charge is 0.408 e. The maximum atomic E-state index is 14.0. The number of hydrogen-bond donors (Lipinski definition) is 2. The van der Waals surface area contributed by atoms with Crippen LogP contribution in [0.5, 0.6) is 0 Å². The fraction of sp³-hybridized carbons (Fsp3) is 0.150. The Balaban J connectivity index is 1.53. The predicted molar refractivity (Wildman–Crippen MR) is 108 cm³/mol. The van der Waals surface area contributed by atoms with Crippen molar-refractivity contribution in [1.82, 2.24) is 15.0 Å². The monoisotopic (exact) mass is 442 g/mol. The third-order valence-corrected chi connectivity index (χ3v) is 4.89. The van der Waals surface area contributed by atoms with Crippen LogP contribution in [0, 0.1) is 12.7 Å². The highest BCUT2D eigenvalue weighted by molar-refractivity contribution is 9.10. The van der Waals surface area contributed by atoms with Crippen LogP contribution in [0.4, 0.5) is 16.0 Å². The van der Waals surface area contributed by atoms with Crippen LogP contribution in [-0.2, 0) is 12.8 Å². The maximum absolute atomic E-state index is 14.0. The van der Waals surface area contributed by atoms with Crippen molar-refractivity contribution in [3.05, 3.63) is 80.3 Å². The van der Waals surface area contributed by atoms with Crippen molar-refractivity contribution >= 4 is 38.7 Å². The van der Waals surface area contributed by atoms with Crippen molar-refractivity contribution in [2.45, 2.75) is 19.8 Å². The number of aryl methyl sites for hydroxylation is 3. The first-order chi connectivity index (χ1) is 13.5. The number of rotatable bonds is 5. The number of anilines is 2. The van der Waals surface area contributed by atoms with Gasteiger partial charge in [0.1, 0.15) is 5.82 Å². The third kappa shape index (κ3) is 3.96. The van der Waals surface area contributed by atoms with Crippen molar-refractivity contribution in [2.24, 2.45) is 0 Å². The summed E-state index contributed by atoms with van der Waals surface area (Å²) >= 11 is 3.27. The van der Waals surface area contributed by atoms with Crippen molar-refractivity contribution < 1.29 is 8.81 Å². The summed E-state index contributed by atoms with van der Waals surface area (Å²) in [5.74, 6) is -0.309. The zero-order valence-electron chi connectivity index (χ0n) is 14.9. The van der Waals surface area contributed by atoms with Gasteiger partial charge in [0.05, 0.1) is 5.52 Å². The Labute approximate surface area is 168 Å². The molecule has 0 atom stereocenters. The summed E-state index contributed by atoms with van der Waals surface area (Å²) in [6.07, 6.45) is 2.86. The number of halogens is 2. The van der Waals surface area contributed by atoms with Gasteiger partial charge >= 0.3 is 5.76 Å². The number of H-pyrrole nitrogens is 1. The number of oxazole rings is 1. The molecule has 0 bridgehead atoms. The Morgan fingerprint density at radius 3 is 2.89 bits per heavy atom. The van der Waals surface area contributed by atoms with E-state index < -0.39 is 5.76 Å². The van der Waals surface area contributed by atoms with Crippen LogP contribution in [0.3, 0.4) is 0 Å². The number of nitrogens with zero attached hydrogens (tertiary/aromatic N) is 2. The summed E-state index contributed by atoms with van der Waals surface area (Å²) in [5.41, 5.74) is 4.20. The van der Waals surface area contributed by atoms with Gasteiger partial charge in [-0.25, -0.2) is 19.2 Å². The lowest BCUT2D eigenvalue weighted by Gasteiger charge is -2.10. The maximum Gasteiger partial charge on any atom is 0.417 e. The van der Waals surface area contributed by atoms with E-state index in [0.717, 1.165) is 11.3 Å². The molecule has 4 aromatic rings. The lowest BCUT2D eigenvalue weighted by atomic mass is 10.1. The van der Waals surface area contributed by atoms with Crippen LogP contribution >= 0.6 is 15.9 Å². The standard InChI is InChI=1S/C20H16BrFN4O2/c1-11-10-23-19(24-14-5-7-17-18(9-14)28-20(27)26-17)25-16(11)6-3-12-2-4-13(21)8-15(12)22/h2,4-5,7-10H,3,6H2,1H3,(H,26,27)(H,23,24,25). The van der Waals surface area contributed by atoms with Gasteiger partial charge in [0.25, 0.3) is 0 Å². The van der Waals surface area contributed by atoms with E-state index >= 15 is 0 Å². The molecule has 2 aromatic heterocycles. The highest BCUT2D eigenvalue weighted by atomic mass is 79.9. The molecule has 2 aromatic carbocycles. The third-order valence-electron chi connectivity index (χ3n) is 4.40. The van der Waals surface area contributed by atoms with Gasteiger partial charge < -0.3 is 9.73 Å². The average molecular weight is 443 g/mol. The Morgan fingerprint density at radius 2 is 2.07 bits per heavy atom. The van der Waals surface area contributed by atoms with Gasteiger partial charge in [0.15, 0.2) is 5.58 Å². The first kappa shape index (κ1) is 18.4. The minimum Gasteiger partial charge on any atom is -0.408 e. The summed E-state index contributed by atoms with van der Waals surface area (Å²) in [6, 6.07) is 10.3. The zero-order chi connectivity index (χ0) is 19.7. The van der Waals surface area contributed by atoms with Crippen molar-refractivity contribution in [2.75, 3.05) is 5.32 Å². The molecule has 0 amide bonds. The molecule has 6 nitrogen and oxygen atoms in total. The van der Waals surface area contributed by atoms with Gasteiger partial charge in [-0.05, 0) is 55.2 Å². The van der Waals surface area contributed by atoms with E-state index in [2.05, 4.69) is 36.2 Å². The molecule has 28 heavy (non-hydrogen) atoms. The SMILES string of the molecule is Cc1cnc(Nc2ccc3[nH]c(=O)oc3c2)nc1CCc1ccc(Br)cc1F. The van der Waals surface area contributed by atoms with E-state index in [1.807, 2.05) is 13.0 Å². The van der Waals surface area contributed by atoms with E-state index in [9.17, 15) is 9.18 Å². The Morgan fingerprint density at radius 1 is 1.21 bits per heavy atom. The van der Waals surface area contributed by atoms with Crippen molar-refractivity contribution in [3.8, 4) is 0 Å². The van der Waals surface area contributed by atoms with E-state index in [-0.39, 0.29) is 5.82 Å². The second-order valence-electron chi connectivity index (χ2n) is 6.41. The second-order valence-corrected chi connectivity index (χ2v) is 7.33. The molecule has 2 N–H and O–H groups in total. The molecule has 0 aliphatic rings. The van der Waals surface area contributed by atoms with E-state index in [0.29, 0.717) is 45.6 Å². The van der Waals surface area contributed by atoms with Crippen molar-refractivity contribution in [3.63, 3.8) is 0 Å². The van der Waals surface area contributed by atoms with Crippen LogP contribution in [0.25, 0.3) is 11.1 Å². The topological polar surface area (TPSA) is 83.8 Å².